The summed E-state index contributed by atoms with van der Waals surface area (Å²) in [4.78, 5) is 27.5. The smallest absolute Gasteiger partial charge is 0.459 e. The van der Waals surface area contributed by atoms with Gasteiger partial charge < -0.3 is 23.4 Å². The number of quaternary nitrogens is 1. The Morgan fingerprint density at radius 3 is 1.90 bits per heavy atom. The van der Waals surface area contributed by atoms with E-state index >= 15 is 0 Å². The maximum absolute atomic E-state index is 14.7. The number of esters is 1. The summed E-state index contributed by atoms with van der Waals surface area (Å²) in [5.74, 6) is -0.292. The molecule has 1 saturated carbocycles. The Morgan fingerprint density at radius 1 is 0.833 bits per heavy atom. The molecule has 2 aromatic carbocycles. The van der Waals surface area contributed by atoms with Crippen molar-refractivity contribution in [2.75, 3.05) is 19.7 Å². The maximum Gasteiger partial charge on any atom is 0.510 e. The fourth-order valence-electron chi connectivity index (χ4n) is 7.94. The first-order valence-electron chi connectivity index (χ1n) is 16.1. The van der Waals surface area contributed by atoms with Crippen molar-refractivity contribution in [2.45, 2.75) is 102 Å². The second-order valence-electron chi connectivity index (χ2n) is 13.3. The van der Waals surface area contributed by atoms with Crippen LogP contribution in [-0.4, -0.2) is 60.8 Å². The molecule has 226 valence electrons. The van der Waals surface area contributed by atoms with Crippen molar-refractivity contribution in [2.24, 2.45) is 11.8 Å². The Labute approximate surface area is 250 Å². The molecule has 3 aliphatic heterocycles. The Morgan fingerprint density at radius 2 is 1.40 bits per heavy atom. The minimum absolute atomic E-state index is 0.0266. The van der Waals surface area contributed by atoms with Crippen molar-refractivity contribution in [3.63, 3.8) is 0 Å². The van der Waals surface area contributed by atoms with Gasteiger partial charge in [0.05, 0.1) is 31.8 Å². The van der Waals surface area contributed by atoms with Gasteiger partial charge in [0.1, 0.15) is 6.10 Å². The first kappa shape index (κ1) is 29.2. The molecule has 2 bridgehead atoms. The standard InChI is InChI=1S/C35H46NO6/c1-25(2)24-39-34(38)41-32(26-12-11-13-26)42-35(27-14-5-3-6-15-27,28-16-7-4-8-17-28)33(37)40-31-22-29-18-19-30(23-31)36(29)20-9-10-21-36/h3-8,14-17,25-26,29-32H,9-13,18-24H2,1-2H3/q+1. The number of ether oxygens (including phenoxy) is 4. The van der Waals surface area contributed by atoms with Crippen LogP contribution in [0.3, 0.4) is 0 Å². The van der Waals surface area contributed by atoms with Gasteiger partial charge >= 0.3 is 12.1 Å². The van der Waals surface area contributed by atoms with Crippen LogP contribution in [0.1, 0.15) is 82.8 Å². The first-order valence-corrected chi connectivity index (χ1v) is 16.1. The van der Waals surface area contributed by atoms with Crippen LogP contribution in [0.2, 0.25) is 0 Å². The molecule has 3 saturated heterocycles. The fraction of sp³-hybridized carbons (Fsp3) is 0.600. The van der Waals surface area contributed by atoms with Crippen molar-refractivity contribution in [3.8, 4) is 0 Å². The predicted molar refractivity (Wildman–Crippen MR) is 158 cm³/mol. The SMILES string of the molecule is CC(C)COC(=O)OC(OC(C(=O)OC1CC2CCC(C1)[N+]21CCCC1)(c1ccccc1)c1ccccc1)C1CCC1. The van der Waals surface area contributed by atoms with E-state index in [9.17, 15) is 9.59 Å². The molecule has 1 spiro atoms. The van der Waals surface area contributed by atoms with Gasteiger partial charge in [-0.1, -0.05) is 80.9 Å². The van der Waals surface area contributed by atoms with Crippen LogP contribution in [0, 0.1) is 11.8 Å². The highest BCUT2D eigenvalue weighted by atomic mass is 16.8. The van der Waals surface area contributed by atoms with Gasteiger partial charge in [0.15, 0.2) is 0 Å². The van der Waals surface area contributed by atoms with Crippen molar-refractivity contribution in [1.29, 1.82) is 0 Å². The zero-order valence-corrected chi connectivity index (χ0v) is 25.1. The average Bonchev–Trinajstić information content (AvgIpc) is 3.51. The highest BCUT2D eigenvalue weighted by Crippen LogP contribution is 2.47. The summed E-state index contributed by atoms with van der Waals surface area (Å²) in [6.45, 7) is 6.74. The Balaban J connectivity index is 1.32. The van der Waals surface area contributed by atoms with E-state index in [-0.39, 0.29) is 24.5 Å². The van der Waals surface area contributed by atoms with Crippen molar-refractivity contribution >= 4 is 12.1 Å². The summed E-state index contributed by atoms with van der Waals surface area (Å²) in [5.41, 5.74) is -0.282. The summed E-state index contributed by atoms with van der Waals surface area (Å²) < 4.78 is 25.9. The van der Waals surface area contributed by atoms with Gasteiger partial charge in [0, 0.05) is 44.4 Å². The lowest BCUT2D eigenvalue weighted by atomic mass is 9.82. The van der Waals surface area contributed by atoms with Gasteiger partial charge in [0.25, 0.3) is 0 Å². The molecule has 42 heavy (non-hydrogen) atoms. The summed E-state index contributed by atoms with van der Waals surface area (Å²) in [5, 5.41) is 0. The molecule has 1 aliphatic carbocycles. The van der Waals surface area contributed by atoms with E-state index in [0.29, 0.717) is 23.2 Å². The number of benzene rings is 2. The second kappa shape index (κ2) is 12.4. The molecule has 0 radical (unpaired) electrons. The van der Waals surface area contributed by atoms with Gasteiger partial charge in [-0.3, -0.25) is 0 Å². The van der Waals surface area contributed by atoms with Crippen LogP contribution in [0.5, 0.6) is 0 Å². The molecule has 3 atom stereocenters. The molecule has 0 aromatic heterocycles. The normalized spacial score (nSPS) is 25.6. The number of carbonyl (C=O) groups is 2. The molecule has 7 heteroatoms. The van der Waals surface area contributed by atoms with Crippen LogP contribution in [0.25, 0.3) is 0 Å². The number of rotatable bonds is 10. The van der Waals surface area contributed by atoms with Crippen LogP contribution in [0.4, 0.5) is 4.79 Å². The van der Waals surface area contributed by atoms with E-state index in [0.717, 1.165) is 32.1 Å². The number of hydrogen-bond donors (Lipinski definition) is 0. The molecule has 6 rings (SSSR count). The van der Waals surface area contributed by atoms with Crippen molar-refractivity contribution in [1.82, 2.24) is 0 Å². The Bertz CT molecular complexity index is 1150. The summed E-state index contributed by atoms with van der Waals surface area (Å²) in [7, 11) is 0. The molecule has 3 unspecified atom stereocenters. The summed E-state index contributed by atoms with van der Waals surface area (Å²) in [6, 6.07) is 20.2. The largest absolute Gasteiger partial charge is 0.510 e. The molecule has 7 nitrogen and oxygen atoms in total. The van der Waals surface area contributed by atoms with Gasteiger partial charge in [-0.25, -0.2) is 9.59 Å². The lowest BCUT2D eigenvalue weighted by molar-refractivity contribution is -0.956. The number of carbonyl (C=O) groups excluding carboxylic acids is 2. The maximum atomic E-state index is 14.7. The van der Waals surface area contributed by atoms with Crippen LogP contribution in [0.15, 0.2) is 60.7 Å². The summed E-state index contributed by atoms with van der Waals surface area (Å²) >= 11 is 0. The molecule has 0 amide bonds. The molecule has 3 heterocycles. The lowest BCUT2D eigenvalue weighted by Gasteiger charge is -2.47. The second-order valence-corrected chi connectivity index (χ2v) is 13.3. The summed E-state index contributed by atoms with van der Waals surface area (Å²) in [6.07, 6.45) is 7.67. The predicted octanol–water partition coefficient (Wildman–Crippen LogP) is 6.73. The van der Waals surface area contributed by atoms with Gasteiger partial charge in [-0.2, -0.15) is 0 Å². The average molecular weight is 577 g/mol. The van der Waals surface area contributed by atoms with E-state index in [4.69, 9.17) is 18.9 Å². The highest BCUT2D eigenvalue weighted by molar-refractivity contribution is 5.86. The van der Waals surface area contributed by atoms with E-state index in [2.05, 4.69) is 0 Å². The Hall–Kier alpha value is -2.90. The molecule has 0 N–H and O–H groups in total. The third-order valence-corrected chi connectivity index (χ3v) is 10.3. The molecular formula is C35H46NO6+. The minimum Gasteiger partial charge on any atom is -0.459 e. The van der Waals surface area contributed by atoms with Gasteiger partial charge in [-0.15, -0.1) is 0 Å². The van der Waals surface area contributed by atoms with Crippen molar-refractivity contribution in [3.05, 3.63) is 71.8 Å². The molecular weight excluding hydrogens is 530 g/mol. The lowest BCUT2D eigenvalue weighted by Crippen LogP contribution is -2.60. The zero-order valence-electron chi connectivity index (χ0n) is 25.1. The van der Waals surface area contributed by atoms with E-state index in [1.807, 2.05) is 74.5 Å². The topological polar surface area (TPSA) is 71.1 Å². The first-order chi connectivity index (χ1) is 20.4. The molecule has 4 aliphatic rings. The van der Waals surface area contributed by atoms with Gasteiger partial charge in [-0.05, 0) is 29.9 Å². The van der Waals surface area contributed by atoms with Crippen molar-refractivity contribution < 1.29 is 33.0 Å². The fourth-order valence-corrected chi connectivity index (χ4v) is 7.94. The molecule has 2 aromatic rings. The number of hydrogen-bond acceptors (Lipinski definition) is 6. The van der Waals surface area contributed by atoms with Crippen LogP contribution >= 0.6 is 0 Å². The zero-order chi connectivity index (χ0) is 29.2. The number of nitrogens with zero attached hydrogens (tertiary/aromatic N) is 1. The third-order valence-electron chi connectivity index (χ3n) is 10.3. The quantitative estimate of drug-likeness (QED) is 0.177. The molecule has 4 fully saturated rings. The Kier molecular flexibility index (Phi) is 8.60. The van der Waals surface area contributed by atoms with Gasteiger partial charge in [0.2, 0.25) is 11.9 Å². The third kappa shape index (κ3) is 5.58. The van der Waals surface area contributed by atoms with Crippen LogP contribution < -0.4 is 0 Å². The number of piperidine rings is 1. The highest BCUT2D eigenvalue weighted by Gasteiger charge is 2.57. The minimum atomic E-state index is -1.60. The van der Waals surface area contributed by atoms with E-state index in [1.165, 1.54) is 43.3 Å². The van der Waals surface area contributed by atoms with E-state index in [1.54, 1.807) is 0 Å². The van der Waals surface area contributed by atoms with Crippen LogP contribution in [-0.2, 0) is 29.3 Å². The monoisotopic (exact) mass is 576 g/mol. The van der Waals surface area contributed by atoms with E-state index < -0.39 is 24.0 Å².